The van der Waals surface area contributed by atoms with Gasteiger partial charge < -0.3 is 10.3 Å². The van der Waals surface area contributed by atoms with Gasteiger partial charge in [-0.3, -0.25) is 0 Å². The van der Waals surface area contributed by atoms with Gasteiger partial charge in [-0.25, -0.2) is 4.98 Å². The summed E-state index contributed by atoms with van der Waals surface area (Å²) in [6, 6.07) is 6.29. The molecule has 0 bridgehead atoms. The average molecular weight is 310 g/mol. The second-order valence-corrected chi connectivity index (χ2v) is 5.77. The summed E-state index contributed by atoms with van der Waals surface area (Å²) in [5.41, 5.74) is 8.01. The lowest BCUT2D eigenvalue weighted by atomic mass is 10.1. The molecule has 0 aliphatic carbocycles. The molecule has 0 radical (unpaired) electrons. The van der Waals surface area contributed by atoms with Crippen LogP contribution in [0, 0.1) is 5.92 Å². The molecular weight excluding hydrogens is 290 g/mol. The van der Waals surface area contributed by atoms with E-state index in [4.69, 9.17) is 10.7 Å². The monoisotopic (exact) mass is 309 g/mol. The first-order valence-electron chi connectivity index (χ1n) is 6.50. The van der Waals surface area contributed by atoms with Crippen molar-refractivity contribution < 1.29 is 0 Å². The lowest BCUT2D eigenvalue weighted by Gasteiger charge is -2.11. The standard InChI is InChI=1S/C14H20BrN3/c1-3-6-18-13-5-4-11(15)8-12(13)17-14(18)7-10(2)9-16/h4-5,8,10H,3,6-7,9,16H2,1-2H3. The Morgan fingerprint density at radius 3 is 2.89 bits per heavy atom. The van der Waals surface area contributed by atoms with E-state index >= 15 is 0 Å². The molecule has 1 aromatic carbocycles. The number of halogens is 1. The van der Waals surface area contributed by atoms with E-state index in [0.29, 0.717) is 12.5 Å². The molecule has 1 aromatic heterocycles. The first-order chi connectivity index (χ1) is 8.65. The van der Waals surface area contributed by atoms with E-state index < -0.39 is 0 Å². The van der Waals surface area contributed by atoms with Gasteiger partial charge in [0.05, 0.1) is 11.0 Å². The number of aromatic nitrogens is 2. The van der Waals surface area contributed by atoms with Gasteiger partial charge in [0.15, 0.2) is 0 Å². The van der Waals surface area contributed by atoms with Crippen LogP contribution in [0.3, 0.4) is 0 Å². The highest BCUT2D eigenvalue weighted by molar-refractivity contribution is 9.10. The maximum atomic E-state index is 5.72. The zero-order valence-corrected chi connectivity index (χ0v) is 12.6. The minimum atomic E-state index is 0.473. The predicted octanol–water partition coefficient (Wildman–Crippen LogP) is 3.35. The summed E-state index contributed by atoms with van der Waals surface area (Å²) in [5, 5.41) is 0. The number of hydrogen-bond acceptors (Lipinski definition) is 2. The Bertz CT molecular complexity index is 533. The van der Waals surface area contributed by atoms with E-state index in [1.807, 2.05) is 0 Å². The van der Waals surface area contributed by atoms with Crippen molar-refractivity contribution in [2.24, 2.45) is 11.7 Å². The molecule has 18 heavy (non-hydrogen) atoms. The van der Waals surface area contributed by atoms with E-state index in [2.05, 4.69) is 52.5 Å². The topological polar surface area (TPSA) is 43.8 Å². The van der Waals surface area contributed by atoms with Crippen LogP contribution in [0.5, 0.6) is 0 Å². The second kappa shape index (κ2) is 5.85. The van der Waals surface area contributed by atoms with Gasteiger partial charge in [0.1, 0.15) is 5.82 Å². The Balaban J connectivity index is 2.46. The predicted molar refractivity (Wildman–Crippen MR) is 79.6 cm³/mol. The van der Waals surface area contributed by atoms with Crippen molar-refractivity contribution in [1.82, 2.24) is 9.55 Å². The number of imidazole rings is 1. The van der Waals surface area contributed by atoms with Crippen molar-refractivity contribution in [2.75, 3.05) is 6.54 Å². The second-order valence-electron chi connectivity index (χ2n) is 4.86. The van der Waals surface area contributed by atoms with E-state index in [9.17, 15) is 0 Å². The smallest absolute Gasteiger partial charge is 0.110 e. The molecule has 1 unspecified atom stereocenters. The molecule has 0 aliphatic heterocycles. The molecule has 0 aliphatic rings. The van der Waals surface area contributed by atoms with Crippen molar-refractivity contribution >= 4 is 27.0 Å². The largest absolute Gasteiger partial charge is 0.330 e. The molecule has 0 saturated heterocycles. The molecule has 1 atom stereocenters. The van der Waals surface area contributed by atoms with Gasteiger partial charge in [-0.05, 0) is 37.1 Å². The third-order valence-corrected chi connectivity index (χ3v) is 3.66. The van der Waals surface area contributed by atoms with Gasteiger partial charge >= 0.3 is 0 Å². The first kappa shape index (κ1) is 13.6. The van der Waals surface area contributed by atoms with Crippen LogP contribution in [-0.4, -0.2) is 16.1 Å². The normalized spacial score (nSPS) is 13.1. The fraction of sp³-hybridized carbons (Fsp3) is 0.500. The number of fused-ring (bicyclic) bond motifs is 1. The van der Waals surface area contributed by atoms with Crippen LogP contribution in [0.2, 0.25) is 0 Å². The molecule has 0 fully saturated rings. The molecule has 3 nitrogen and oxygen atoms in total. The fourth-order valence-electron chi connectivity index (χ4n) is 2.18. The molecule has 4 heteroatoms. The summed E-state index contributed by atoms with van der Waals surface area (Å²) in [6.45, 7) is 6.09. The van der Waals surface area contributed by atoms with Gasteiger partial charge in [-0.2, -0.15) is 0 Å². The minimum absolute atomic E-state index is 0.473. The van der Waals surface area contributed by atoms with Crippen molar-refractivity contribution in [3.8, 4) is 0 Å². The van der Waals surface area contributed by atoms with Crippen LogP contribution in [0.1, 0.15) is 26.1 Å². The van der Waals surface area contributed by atoms with Crippen LogP contribution >= 0.6 is 15.9 Å². The van der Waals surface area contributed by atoms with Crippen molar-refractivity contribution in [3.05, 3.63) is 28.5 Å². The number of rotatable bonds is 5. The van der Waals surface area contributed by atoms with E-state index in [1.54, 1.807) is 0 Å². The number of benzene rings is 1. The van der Waals surface area contributed by atoms with Crippen LogP contribution in [0.4, 0.5) is 0 Å². The minimum Gasteiger partial charge on any atom is -0.330 e. The van der Waals surface area contributed by atoms with Gasteiger partial charge in [0, 0.05) is 17.4 Å². The summed E-state index contributed by atoms with van der Waals surface area (Å²) in [5.74, 6) is 1.63. The molecule has 2 rings (SSSR count). The Morgan fingerprint density at radius 1 is 1.44 bits per heavy atom. The summed E-state index contributed by atoms with van der Waals surface area (Å²) in [4.78, 5) is 4.76. The number of hydrogen-bond donors (Lipinski definition) is 1. The third kappa shape index (κ3) is 2.75. The fourth-order valence-corrected chi connectivity index (χ4v) is 2.53. The maximum absolute atomic E-state index is 5.72. The van der Waals surface area contributed by atoms with Gasteiger partial charge in [0.2, 0.25) is 0 Å². The summed E-state index contributed by atoms with van der Waals surface area (Å²) >= 11 is 3.50. The molecule has 2 N–H and O–H groups in total. The van der Waals surface area contributed by atoms with Gasteiger partial charge in [-0.15, -0.1) is 0 Å². The highest BCUT2D eigenvalue weighted by Crippen LogP contribution is 2.22. The lowest BCUT2D eigenvalue weighted by Crippen LogP contribution is -2.16. The van der Waals surface area contributed by atoms with Crippen molar-refractivity contribution in [1.29, 1.82) is 0 Å². The molecule has 2 aromatic rings. The Hall–Kier alpha value is -0.870. The SMILES string of the molecule is CCCn1c(CC(C)CN)nc2cc(Br)ccc21. The van der Waals surface area contributed by atoms with Crippen LogP contribution < -0.4 is 5.73 Å². The van der Waals surface area contributed by atoms with Crippen LogP contribution in [0.15, 0.2) is 22.7 Å². The number of nitrogens with zero attached hydrogens (tertiary/aromatic N) is 2. The van der Waals surface area contributed by atoms with Crippen LogP contribution in [0.25, 0.3) is 11.0 Å². The van der Waals surface area contributed by atoms with Gasteiger partial charge in [-0.1, -0.05) is 29.8 Å². The van der Waals surface area contributed by atoms with Crippen molar-refractivity contribution in [2.45, 2.75) is 33.2 Å². The molecular formula is C14H20BrN3. The molecule has 0 saturated carbocycles. The van der Waals surface area contributed by atoms with E-state index in [-0.39, 0.29) is 0 Å². The molecule has 1 heterocycles. The Morgan fingerprint density at radius 2 is 2.22 bits per heavy atom. The Labute approximate surface area is 117 Å². The average Bonchev–Trinajstić information content (AvgIpc) is 2.67. The highest BCUT2D eigenvalue weighted by Gasteiger charge is 2.12. The summed E-state index contributed by atoms with van der Waals surface area (Å²) in [6.07, 6.45) is 2.06. The number of aryl methyl sites for hydroxylation is 1. The van der Waals surface area contributed by atoms with Gasteiger partial charge in [0.25, 0.3) is 0 Å². The zero-order valence-electron chi connectivity index (χ0n) is 11.0. The summed E-state index contributed by atoms with van der Waals surface area (Å²) < 4.78 is 3.41. The van der Waals surface area contributed by atoms with Crippen LogP contribution in [-0.2, 0) is 13.0 Å². The van der Waals surface area contributed by atoms with Crippen molar-refractivity contribution in [3.63, 3.8) is 0 Å². The summed E-state index contributed by atoms with van der Waals surface area (Å²) in [7, 11) is 0. The number of nitrogens with two attached hydrogens (primary N) is 1. The quantitative estimate of drug-likeness (QED) is 0.920. The molecule has 0 amide bonds. The Kier molecular flexibility index (Phi) is 4.40. The van der Waals surface area contributed by atoms with E-state index in [0.717, 1.165) is 35.2 Å². The maximum Gasteiger partial charge on any atom is 0.110 e. The third-order valence-electron chi connectivity index (χ3n) is 3.17. The first-order valence-corrected chi connectivity index (χ1v) is 7.29. The zero-order chi connectivity index (χ0) is 13.1. The van der Waals surface area contributed by atoms with E-state index in [1.165, 1.54) is 5.52 Å². The molecule has 98 valence electrons. The highest BCUT2D eigenvalue weighted by atomic mass is 79.9. The lowest BCUT2D eigenvalue weighted by molar-refractivity contribution is 0.544. The molecule has 0 spiro atoms.